The van der Waals surface area contributed by atoms with Gasteiger partial charge in [0, 0.05) is 18.7 Å². The van der Waals surface area contributed by atoms with Gasteiger partial charge in [-0.3, -0.25) is 4.79 Å². The average molecular weight is 311 g/mol. The Labute approximate surface area is 134 Å². The minimum absolute atomic E-state index is 0.0718. The number of carbonyl (C=O) groups is 1. The van der Waals surface area contributed by atoms with E-state index in [0.29, 0.717) is 11.1 Å². The summed E-state index contributed by atoms with van der Waals surface area (Å²) in [5.41, 5.74) is 2.11. The van der Waals surface area contributed by atoms with Crippen LogP contribution in [-0.4, -0.2) is 33.9 Å². The van der Waals surface area contributed by atoms with Gasteiger partial charge in [-0.25, -0.2) is 4.79 Å². The van der Waals surface area contributed by atoms with E-state index in [9.17, 15) is 9.59 Å². The van der Waals surface area contributed by atoms with E-state index in [4.69, 9.17) is 0 Å². The number of rotatable bonds is 1. The van der Waals surface area contributed by atoms with E-state index in [0.717, 1.165) is 37.9 Å². The van der Waals surface area contributed by atoms with Crippen molar-refractivity contribution in [1.29, 1.82) is 0 Å². The van der Waals surface area contributed by atoms with Crippen LogP contribution in [0.1, 0.15) is 42.5 Å². The van der Waals surface area contributed by atoms with E-state index in [1.165, 1.54) is 12.8 Å². The van der Waals surface area contributed by atoms with Gasteiger partial charge in [0.15, 0.2) is 0 Å². The zero-order valence-electron chi connectivity index (χ0n) is 13.1. The van der Waals surface area contributed by atoms with Crippen molar-refractivity contribution >= 4 is 16.9 Å². The molecule has 2 aromatic rings. The Kier molecular flexibility index (Phi) is 3.36. The molecule has 2 heterocycles. The third kappa shape index (κ3) is 2.60. The highest BCUT2D eigenvalue weighted by Crippen LogP contribution is 2.41. The average Bonchev–Trinajstić information content (AvgIpc) is 2.94. The summed E-state index contributed by atoms with van der Waals surface area (Å²) < 4.78 is 0. The second kappa shape index (κ2) is 5.41. The Balaban J connectivity index is 1.59. The third-order valence-corrected chi connectivity index (χ3v) is 5.27. The number of allylic oxidation sites excluding steroid dienone is 2. The molecular weight excluding hydrogens is 290 g/mol. The maximum Gasteiger partial charge on any atom is 0.323 e. The van der Waals surface area contributed by atoms with Crippen LogP contribution in [0.3, 0.4) is 0 Å². The van der Waals surface area contributed by atoms with Crippen LogP contribution in [0.5, 0.6) is 0 Å². The van der Waals surface area contributed by atoms with Gasteiger partial charge in [-0.1, -0.05) is 12.2 Å². The molecule has 0 bridgehead atoms. The first-order chi connectivity index (χ1) is 11.2. The minimum atomic E-state index is -0.240. The number of amides is 1. The van der Waals surface area contributed by atoms with Crippen molar-refractivity contribution in [2.45, 2.75) is 32.1 Å². The Morgan fingerprint density at radius 3 is 2.83 bits per heavy atom. The monoisotopic (exact) mass is 311 g/mol. The van der Waals surface area contributed by atoms with Crippen molar-refractivity contribution in [3.63, 3.8) is 0 Å². The summed E-state index contributed by atoms with van der Waals surface area (Å²) in [6.45, 7) is 1.67. The molecule has 1 fully saturated rings. The molecule has 5 heteroatoms. The summed E-state index contributed by atoms with van der Waals surface area (Å²) in [5, 5.41) is 0. The summed E-state index contributed by atoms with van der Waals surface area (Å²) in [7, 11) is 0. The van der Waals surface area contributed by atoms with Gasteiger partial charge in [0.2, 0.25) is 0 Å². The van der Waals surface area contributed by atoms with Crippen molar-refractivity contribution in [1.82, 2.24) is 14.9 Å². The number of imidazole rings is 1. The predicted molar refractivity (Wildman–Crippen MR) is 89.5 cm³/mol. The van der Waals surface area contributed by atoms with E-state index in [-0.39, 0.29) is 17.0 Å². The molecule has 0 radical (unpaired) electrons. The molecule has 1 aromatic heterocycles. The molecule has 5 nitrogen and oxygen atoms in total. The number of hydrogen-bond donors (Lipinski definition) is 2. The molecule has 1 atom stereocenters. The van der Waals surface area contributed by atoms with E-state index in [1.807, 2.05) is 4.90 Å². The third-order valence-electron chi connectivity index (χ3n) is 5.27. The van der Waals surface area contributed by atoms with Crippen molar-refractivity contribution in [3.8, 4) is 0 Å². The SMILES string of the molecule is O=C(c1ccc2[nH]c(=O)[nH]c2c1)N1CCCC2(CC=CCC2)C1. The molecule has 1 aliphatic carbocycles. The van der Waals surface area contributed by atoms with E-state index < -0.39 is 0 Å². The number of hydrogen-bond acceptors (Lipinski definition) is 2. The highest BCUT2D eigenvalue weighted by Gasteiger charge is 2.36. The number of piperidine rings is 1. The lowest BCUT2D eigenvalue weighted by atomic mass is 9.71. The number of nitrogens with zero attached hydrogens (tertiary/aromatic N) is 1. The maximum absolute atomic E-state index is 12.9. The first-order valence-corrected chi connectivity index (χ1v) is 8.32. The van der Waals surface area contributed by atoms with Crippen LogP contribution in [0.15, 0.2) is 35.1 Å². The van der Waals surface area contributed by atoms with Crippen molar-refractivity contribution < 1.29 is 4.79 Å². The molecule has 4 rings (SSSR count). The fourth-order valence-electron chi connectivity index (χ4n) is 4.04. The Morgan fingerprint density at radius 2 is 2.00 bits per heavy atom. The predicted octanol–water partition coefficient (Wildman–Crippen LogP) is 2.82. The first-order valence-electron chi connectivity index (χ1n) is 8.32. The highest BCUT2D eigenvalue weighted by atomic mass is 16.2. The van der Waals surface area contributed by atoms with E-state index >= 15 is 0 Å². The molecule has 1 amide bonds. The zero-order chi connectivity index (χ0) is 15.9. The molecule has 2 aliphatic rings. The molecule has 0 saturated carbocycles. The summed E-state index contributed by atoms with van der Waals surface area (Å²) in [5.74, 6) is 0.0718. The summed E-state index contributed by atoms with van der Waals surface area (Å²) in [6, 6.07) is 5.37. The zero-order valence-corrected chi connectivity index (χ0v) is 13.1. The molecule has 1 aliphatic heterocycles. The Morgan fingerprint density at radius 1 is 1.13 bits per heavy atom. The van der Waals surface area contributed by atoms with E-state index in [1.54, 1.807) is 18.2 Å². The highest BCUT2D eigenvalue weighted by molar-refractivity contribution is 5.97. The van der Waals surface area contributed by atoms with Gasteiger partial charge >= 0.3 is 5.69 Å². The van der Waals surface area contributed by atoms with Crippen LogP contribution in [0.25, 0.3) is 11.0 Å². The smallest absolute Gasteiger partial charge is 0.323 e. The van der Waals surface area contributed by atoms with Gasteiger partial charge in [0.25, 0.3) is 5.91 Å². The lowest BCUT2D eigenvalue weighted by molar-refractivity contribution is 0.0484. The molecule has 2 N–H and O–H groups in total. The normalized spacial score (nSPS) is 24.4. The second-order valence-corrected chi connectivity index (χ2v) is 6.88. The number of nitrogens with one attached hydrogen (secondary N) is 2. The van der Waals surface area contributed by atoms with Crippen molar-refractivity contribution in [3.05, 3.63) is 46.4 Å². The second-order valence-electron chi connectivity index (χ2n) is 6.88. The summed E-state index contributed by atoms with van der Waals surface area (Å²) in [4.78, 5) is 31.7. The Bertz CT molecular complexity index is 832. The van der Waals surface area contributed by atoms with Crippen molar-refractivity contribution in [2.75, 3.05) is 13.1 Å². The fourth-order valence-corrected chi connectivity index (χ4v) is 4.04. The van der Waals surface area contributed by atoms with Gasteiger partial charge < -0.3 is 14.9 Å². The quantitative estimate of drug-likeness (QED) is 0.795. The van der Waals surface area contributed by atoms with Crippen LogP contribution in [0.2, 0.25) is 0 Å². The van der Waals surface area contributed by atoms with Crippen LogP contribution in [-0.2, 0) is 0 Å². The lowest BCUT2D eigenvalue weighted by Gasteiger charge is -2.44. The summed E-state index contributed by atoms with van der Waals surface area (Å²) in [6.07, 6.45) is 10.2. The topological polar surface area (TPSA) is 69.0 Å². The fraction of sp³-hybridized carbons (Fsp3) is 0.444. The van der Waals surface area contributed by atoms with Crippen LogP contribution < -0.4 is 5.69 Å². The van der Waals surface area contributed by atoms with E-state index in [2.05, 4.69) is 22.1 Å². The molecule has 120 valence electrons. The molecule has 23 heavy (non-hydrogen) atoms. The van der Waals surface area contributed by atoms with Crippen LogP contribution >= 0.6 is 0 Å². The number of carbonyl (C=O) groups excluding carboxylic acids is 1. The number of aromatic nitrogens is 2. The number of fused-ring (bicyclic) bond motifs is 1. The molecule has 1 unspecified atom stereocenters. The molecule has 1 saturated heterocycles. The maximum atomic E-state index is 12.9. The van der Waals surface area contributed by atoms with Gasteiger partial charge in [-0.05, 0) is 55.7 Å². The standard InChI is InChI=1S/C18H21N3O2/c22-16(13-5-6-14-15(11-13)20-17(23)19-14)21-10-4-9-18(12-21)7-2-1-3-8-18/h1-2,5-6,11H,3-4,7-10,12H2,(H2,19,20,23). The first kappa shape index (κ1) is 14.3. The number of aromatic amines is 2. The summed E-state index contributed by atoms with van der Waals surface area (Å²) >= 11 is 0. The number of H-pyrrole nitrogens is 2. The van der Waals surface area contributed by atoms with Crippen LogP contribution in [0.4, 0.5) is 0 Å². The molecule has 1 aromatic carbocycles. The van der Waals surface area contributed by atoms with Gasteiger partial charge in [-0.15, -0.1) is 0 Å². The van der Waals surface area contributed by atoms with Crippen molar-refractivity contribution in [2.24, 2.45) is 5.41 Å². The Hall–Kier alpha value is -2.30. The molecular formula is C18H21N3O2. The largest absolute Gasteiger partial charge is 0.338 e. The lowest BCUT2D eigenvalue weighted by Crippen LogP contribution is -2.46. The minimum Gasteiger partial charge on any atom is -0.338 e. The number of likely N-dealkylation sites (tertiary alicyclic amines) is 1. The molecule has 1 spiro atoms. The van der Waals surface area contributed by atoms with Crippen LogP contribution in [0, 0.1) is 5.41 Å². The van der Waals surface area contributed by atoms with Gasteiger partial charge in [0.05, 0.1) is 11.0 Å². The van der Waals surface area contributed by atoms with Gasteiger partial charge in [-0.2, -0.15) is 0 Å². The number of benzene rings is 1. The van der Waals surface area contributed by atoms with Gasteiger partial charge in [0.1, 0.15) is 0 Å².